The van der Waals surface area contributed by atoms with Gasteiger partial charge in [0.05, 0.1) is 12.1 Å². The number of primary amides is 1. The first kappa shape index (κ1) is 31.7. The fourth-order valence-corrected chi connectivity index (χ4v) is 3.88. The van der Waals surface area contributed by atoms with Crippen molar-refractivity contribution in [2.75, 3.05) is 0 Å². The molecule has 1 aromatic heterocycles. The van der Waals surface area contributed by atoms with Gasteiger partial charge in [-0.25, -0.2) is 4.79 Å². The topological polar surface area (TPSA) is 267 Å². The van der Waals surface area contributed by atoms with Gasteiger partial charge in [-0.05, 0) is 31.4 Å². The van der Waals surface area contributed by atoms with Crippen molar-refractivity contribution >= 4 is 46.5 Å². The Morgan fingerprint density at radius 3 is 2.15 bits per heavy atom. The first-order chi connectivity index (χ1) is 18.8. The number of benzene rings is 1. The van der Waals surface area contributed by atoms with Crippen molar-refractivity contribution in [2.45, 2.75) is 69.3 Å². The molecule has 15 nitrogen and oxygen atoms in total. The molecule has 0 saturated heterocycles. The summed E-state index contributed by atoms with van der Waals surface area (Å²) in [7, 11) is 0. The molecule has 11 N–H and O–H groups in total. The number of carbonyl (C=O) groups is 6. The second-order valence-corrected chi connectivity index (χ2v) is 9.29. The lowest BCUT2D eigenvalue weighted by Gasteiger charge is -2.26. The highest BCUT2D eigenvalue weighted by Gasteiger charge is 2.33. The van der Waals surface area contributed by atoms with E-state index in [1.807, 2.05) is 0 Å². The smallest absolute Gasteiger partial charge is 0.326 e. The first-order valence-corrected chi connectivity index (χ1v) is 12.4. The standard InChI is InChI=1S/C25H34N6O9/c1-12(32)21(31-22(36)15(26)6-9-20(34)35)24(38)30-18(10-13-11-28-16-5-3-2-4-14(13)16)23(37)29-17(25(39)40)7-8-19(27)33/h2-5,11-12,15,17-18,21,28,32H,6-10,26H2,1H3,(H2,27,33)(H,29,37)(H,30,38)(H,31,36)(H,34,35)(H,39,40). The van der Waals surface area contributed by atoms with Gasteiger partial charge < -0.3 is 47.7 Å². The van der Waals surface area contributed by atoms with Gasteiger partial charge >= 0.3 is 11.9 Å². The minimum Gasteiger partial charge on any atom is -0.481 e. The zero-order chi connectivity index (χ0) is 30.0. The molecule has 5 unspecified atom stereocenters. The van der Waals surface area contributed by atoms with Crippen LogP contribution in [0.3, 0.4) is 0 Å². The Hall–Kier alpha value is -4.50. The fraction of sp³-hybridized carbons (Fsp3) is 0.440. The third-order valence-electron chi connectivity index (χ3n) is 6.09. The predicted octanol–water partition coefficient (Wildman–Crippen LogP) is -1.91. The summed E-state index contributed by atoms with van der Waals surface area (Å²) < 4.78 is 0. The quantitative estimate of drug-likeness (QED) is 0.109. The van der Waals surface area contributed by atoms with E-state index in [-0.39, 0.29) is 25.7 Å². The Morgan fingerprint density at radius 2 is 1.55 bits per heavy atom. The number of aromatic amines is 1. The summed E-state index contributed by atoms with van der Waals surface area (Å²) in [4.78, 5) is 75.4. The largest absolute Gasteiger partial charge is 0.481 e. The number of aliphatic carboxylic acids is 2. The van der Waals surface area contributed by atoms with Crippen LogP contribution in [0.1, 0.15) is 38.2 Å². The molecule has 2 rings (SSSR count). The molecule has 1 heterocycles. The van der Waals surface area contributed by atoms with Crippen LogP contribution >= 0.6 is 0 Å². The monoisotopic (exact) mass is 562 g/mol. The van der Waals surface area contributed by atoms with Crippen LogP contribution in [0.5, 0.6) is 0 Å². The number of aliphatic hydroxyl groups excluding tert-OH is 1. The first-order valence-electron chi connectivity index (χ1n) is 12.4. The highest BCUT2D eigenvalue weighted by atomic mass is 16.4. The Morgan fingerprint density at radius 1 is 0.900 bits per heavy atom. The predicted molar refractivity (Wildman–Crippen MR) is 140 cm³/mol. The SMILES string of the molecule is CC(O)C(NC(=O)C(N)CCC(=O)O)C(=O)NC(Cc1c[nH]c2ccccc12)C(=O)NC(CCC(N)=O)C(=O)O. The van der Waals surface area contributed by atoms with Crippen molar-refractivity contribution in [1.82, 2.24) is 20.9 Å². The molecule has 0 aliphatic rings. The molecular weight excluding hydrogens is 528 g/mol. The number of nitrogens with one attached hydrogen (secondary N) is 4. The number of amides is 4. The van der Waals surface area contributed by atoms with Gasteiger partial charge in [0.15, 0.2) is 0 Å². The molecular formula is C25H34N6O9. The second kappa shape index (κ2) is 14.6. The van der Waals surface area contributed by atoms with Gasteiger partial charge in [0.25, 0.3) is 0 Å². The van der Waals surface area contributed by atoms with Gasteiger partial charge in [-0.1, -0.05) is 18.2 Å². The number of para-hydroxylation sites is 1. The fourth-order valence-electron chi connectivity index (χ4n) is 3.88. The maximum atomic E-state index is 13.2. The molecule has 0 spiro atoms. The van der Waals surface area contributed by atoms with Crippen molar-refractivity contribution in [3.8, 4) is 0 Å². The lowest BCUT2D eigenvalue weighted by molar-refractivity contribution is -0.143. The molecule has 4 amide bonds. The Kier molecular flexibility index (Phi) is 11.6. The average molecular weight is 563 g/mol. The van der Waals surface area contributed by atoms with E-state index in [9.17, 15) is 39.0 Å². The van der Waals surface area contributed by atoms with Crippen LogP contribution in [-0.2, 0) is 35.2 Å². The van der Waals surface area contributed by atoms with Crippen molar-refractivity contribution in [3.63, 3.8) is 0 Å². The van der Waals surface area contributed by atoms with E-state index in [0.29, 0.717) is 5.56 Å². The summed E-state index contributed by atoms with van der Waals surface area (Å²) in [6, 6.07) is 1.42. The Bertz CT molecular complexity index is 1240. The highest BCUT2D eigenvalue weighted by molar-refractivity contribution is 5.95. The van der Waals surface area contributed by atoms with Crippen molar-refractivity contribution < 1.29 is 44.1 Å². The van der Waals surface area contributed by atoms with Gasteiger partial charge in [-0.2, -0.15) is 0 Å². The van der Waals surface area contributed by atoms with Crippen LogP contribution in [-0.4, -0.2) is 86.1 Å². The van der Waals surface area contributed by atoms with Crippen LogP contribution < -0.4 is 27.4 Å². The Balaban J connectivity index is 2.28. The number of carbonyl (C=O) groups excluding carboxylic acids is 4. The normalized spacial score (nSPS) is 14.8. The van der Waals surface area contributed by atoms with Crippen LogP contribution in [0, 0.1) is 0 Å². The number of rotatable bonds is 16. The number of aliphatic hydroxyl groups is 1. The molecule has 15 heteroatoms. The third-order valence-corrected chi connectivity index (χ3v) is 6.09. The molecule has 0 fully saturated rings. The number of hydrogen-bond acceptors (Lipinski definition) is 8. The van der Waals surface area contributed by atoms with Crippen molar-refractivity contribution in [3.05, 3.63) is 36.0 Å². The summed E-state index contributed by atoms with van der Waals surface area (Å²) in [5.74, 6) is -6.12. The molecule has 218 valence electrons. The zero-order valence-corrected chi connectivity index (χ0v) is 21.8. The molecule has 0 bridgehead atoms. The minimum absolute atomic E-state index is 0.109. The molecule has 40 heavy (non-hydrogen) atoms. The molecule has 1 aromatic carbocycles. The molecule has 0 aliphatic carbocycles. The van der Waals surface area contributed by atoms with Crippen LogP contribution in [0.4, 0.5) is 0 Å². The van der Waals surface area contributed by atoms with Crippen LogP contribution in [0.2, 0.25) is 0 Å². The lowest BCUT2D eigenvalue weighted by atomic mass is 10.0. The summed E-state index contributed by atoms with van der Waals surface area (Å²) in [5.41, 5.74) is 12.1. The number of carboxylic acids is 2. The number of aromatic nitrogens is 1. The molecule has 0 aliphatic heterocycles. The lowest BCUT2D eigenvalue weighted by Crippen LogP contribution is -2.60. The molecule has 0 saturated carbocycles. The van der Waals surface area contributed by atoms with Crippen LogP contribution in [0.25, 0.3) is 10.9 Å². The number of fused-ring (bicyclic) bond motifs is 1. The van der Waals surface area contributed by atoms with Gasteiger partial charge in [-0.15, -0.1) is 0 Å². The number of nitrogens with two attached hydrogens (primary N) is 2. The molecule has 5 atom stereocenters. The van der Waals surface area contributed by atoms with Crippen molar-refractivity contribution in [2.24, 2.45) is 11.5 Å². The average Bonchev–Trinajstić information content (AvgIpc) is 3.29. The Labute approximate surface area is 228 Å². The maximum absolute atomic E-state index is 13.2. The van der Waals surface area contributed by atoms with E-state index in [2.05, 4.69) is 20.9 Å². The van der Waals surface area contributed by atoms with Crippen LogP contribution in [0.15, 0.2) is 30.5 Å². The summed E-state index contributed by atoms with van der Waals surface area (Å²) >= 11 is 0. The third kappa shape index (κ3) is 9.36. The summed E-state index contributed by atoms with van der Waals surface area (Å²) in [6.07, 6.45) is -1.15. The maximum Gasteiger partial charge on any atom is 0.326 e. The van der Waals surface area contributed by atoms with E-state index in [1.165, 1.54) is 6.92 Å². The molecule has 2 aromatic rings. The van der Waals surface area contributed by atoms with Gasteiger partial charge in [0.2, 0.25) is 23.6 Å². The van der Waals surface area contributed by atoms with E-state index in [4.69, 9.17) is 16.6 Å². The summed E-state index contributed by atoms with van der Waals surface area (Å²) in [6.45, 7) is 1.21. The van der Waals surface area contributed by atoms with E-state index < -0.39 is 72.3 Å². The zero-order valence-electron chi connectivity index (χ0n) is 21.8. The number of hydrogen-bond donors (Lipinski definition) is 9. The highest BCUT2D eigenvalue weighted by Crippen LogP contribution is 2.19. The van der Waals surface area contributed by atoms with Gasteiger partial charge in [-0.3, -0.25) is 24.0 Å². The summed E-state index contributed by atoms with van der Waals surface area (Å²) in [5, 5.41) is 36.2. The second-order valence-electron chi connectivity index (χ2n) is 9.29. The van der Waals surface area contributed by atoms with E-state index in [1.54, 1.807) is 30.5 Å². The van der Waals surface area contributed by atoms with Gasteiger partial charge in [0.1, 0.15) is 18.1 Å². The van der Waals surface area contributed by atoms with E-state index in [0.717, 1.165) is 10.9 Å². The number of carboxylic acid groups (broad SMARTS) is 2. The van der Waals surface area contributed by atoms with E-state index >= 15 is 0 Å². The molecule has 0 radical (unpaired) electrons. The number of H-pyrrole nitrogens is 1. The minimum atomic E-state index is -1.58. The van der Waals surface area contributed by atoms with Crippen molar-refractivity contribution in [1.29, 1.82) is 0 Å². The van der Waals surface area contributed by atoms with Gasteiger partial charge in [0, 0.05) is 36.4 Å².